The molecular formula is C8H10ClN3O. The Morgan fingerprint density at radius 1 is 1.23 bits per heavy atom. The molecular weight excluding hydrogens is 190 g/mol. The van der Waals surface area contributed by atoms with Crippen molar-refractivity contribution in [1.29, 1.82) is 0 Å². The first kappa shape index (κ1) is 9.83. The molecule has 13 heavy (non-hydrogen) atoms. The summed E-state index contributed by atoms with van der Waals surface area (Å²) in [7, 11) is 0. The molecule has 70 valence electrons. The number of hydrogen-bond acceptors (Lipinski definition) is 2. The normalized spacial score (nSPS) is 9.92. The molecule has 0 bridgehead atoms. The van der Waals surface area contributed by atoms with Crippen LogP contribution in [0.2, 0.25) is 0 Å². The van der Waals surface area contributed by atoms with Crippen LogP contribution in [-0.4, -0.2) is 9.97 Å². The second-order valence-corrected chi connectivity index (χ2v) is 2.66. The maximum absolute atomic E-state index is 10.8. The lowest BCUT2D eigenvalue weighted by molar-refractivity contribution is 1.07. The van der Waals surface area contributed by atoms with E-state index in [1.54, 1.807) is 0 Å². The van der Waals surface area contributed by atoms with Crippen LogP contribution >= 0.6 is 12.4 Å². The molecule has 0 radical (unpaired) electrons. The Kier molecular flexibility index (Phi) is 2.75. The second kappa shape index (κ2) is 3.64. The minimum Gasteiger partial charge on any atom is -0.326 e. The summed E-state index contributed by atoms with van der Waals surface area (Å²) in [6, 6.07) is 5.61. The molecule has 0 saturated carbocycles. The summed E-state index contributed by atoms with van der Waals surface area (Å²) in [5, 5.41) is 0. The van der Waals surface area contributed by atoms with E-state index >= 15 is 0 Å². The van der Waals surface area contributed by atoms with Gasteiger partial charge in [-0.2, -0.15) is 0 Å². The van der Waals surface area contributed by atoms with Crippen molar-refractivity contribution in [3.8, 4) is 0 Å². The van der Waals surface area contributed by atoms with E-state index in [0.29, 0.717) is 6.54 Å². The van der Waals surface area contributed by atoms with Gasteiger partial charge in [0.15, 0.2) is 0 Å². The zero-order valence-electron chi connectivity index (χ0n) is 6.83. The lowest BCUT2D eigenvalue weighted by Gasteiger charge is -1.94. The number of aromatic amines is 2. The summed E-state index contributed by atoms with van der Waals surface area (Å²) in [5.41, 5.74) is 7.90. The Hall–Kier alpha value is -1.26. The van der Waals surface area contributed by atoms with E-state index in [0.717, 1.165) is 16.6 Å². The number of H-pyrrole nitrogens is 2. The molecule has 2 aromatic rings. The molecule has 0 aliphatic rings. The molecule has 5 heteroatoms. The number of fused-ring (bicyclic) bond motifs is 1. The van der Waals surface area contributed by atoms with Crippen LogP contribution in [0.4, 0.5) is 0 Å². The summed E-state index contributed by atoms with van der Waals surface area (Å²) in [6.07, 6.45) is 0. The standard InChI is InChI=1S/C8H9N3O.ClH/c9-4-5-1-2-6-7(3-5)11-8(12)10-6;/h1-3H,4,9H2,(H2,10,11,12);1H. The molecule has 0 spiro atoms. The van der Waals surface area contributed by atoms with Crippen LogP contribution in [0.25, 0.3) is 11.0 Å². The fraction of sp³-hybridized carbons (Fsp3) is 0.125. The number of imidazole rings is 1. The van der Waals surface area contributed by atoms with Gasteiger partial charge in [-0.25, -0.2) is 4.79 Å². The van der Waals surface area contributed by atoms with Gasteiger partial charge in [-0.3, -0.25) is 0 Å². The van der Waals surface area contributed by atoms with Crippen LogP contribution in [0, 0.1) is 0 Å². The van der Waals surface area contributed by atoms with E-state index in [1.807, 2.05) is 18.2 Å². The smallest absolute Gasteiger partial charge is 0.323 e. The summed E-state index contributed by atoms with van der Waals surface area (Å²) >= 11 is 0. The Balaban J connectivity index is 0.000000845. The third-order valence-electron chi connectivity index (χ3n) is 1.82. The molecule has 4 nitrogen and oxygen atoms in total. The average Bonchev–Trinajstić information content (AvgIpc) is 2.43. The van der Waals surface area contributed by atoms with Crippen molar-refractivity contribution in [1.82, 2.24) is 9.97 Å². The number of nitrogens with one attached hydrogen (secondary N) is 2. The molecule has 0 unspecified atom stereocenters. The van der Waals surface area contributed by atoms with Crippen molar-refractivity contribution in [3.05, 3.63) is 34.2 Å². The first-order chi connectivity index (χ1) is 5.79. The van der Waals surface area contributed by atoms with Crippen molar-refractivity contribution >= 4 is 23.4 Å². The minimum absolute atomic E-state index is 0. The van der Waals surface area contributed by atoms with Crippen LogP contribution in [-0.2, 0) is 6.54 Å². The van der Waals surface area contributed by atoms with E-state index in [1.165, 1.54) is 0 Å². The third-order valence-corrected chi connectivity index (χ3v) is 1.82. The summed E-state index contributed by atoms with van der Waals surface area (Å²) in [4.78, 5) is 16.2. The van der Waals surface area contributed by atoms with Gasteiger partial charge in [-0.05, 0) is 17.7 Å². The number of rotatable bonds is 1. The average molecular weight is 200 g/mol. The largest absolute Gasteiger partial charge is 0.326 e. The second-order valence-electron chi connectivity index (χ2n) is 2.66. The lowest BCUT2D eigenvalue weighted by atomic mass is 10.2. The van der Waals surface area contributed by atoms with Crippen molar-refractivity contribution in [2.75, 3.05) is 0 Å². The number of nitrogens with two attached hydrogens (primary N) is 1. The van der Waals surface area contributed by atoms with Gasteiger partial charge in [-0.15, -0.1) is 12.4 Å². The Labute approximate surface area is 80.6 Å². The number of aromatic nitrogens is 2. The fourth-order valence-corrected chi connectivity index (χ4v) is 1.21. The number of benzene rings is 1. The minimum atomic E-state index is -0.181. The molecule has 0 amide bonds. The van der Waals surface area contributed by atoms with E-state index in [-0.39, 0.29) is 18.1 Å². The molecule has 0 atom stereocenters. The first-order valence-electron chi connectivity index (χ1n) is 3.70. The summed E-state index contributed by atoms with van der Waals surface area (Å²) in [6.45, 7) is 0.489. The van der Waals surface area contributed by atoms with Gasteiger partial charge >= 0.3 is 5.69 Å². The van der Waals surface area contributed by atoms with E-state index in [4.69, 9.17) is 5.73 Å². The van der Waals surface area contributed by atoms with Gasteiger partial charge in [-0.1, -0.05) is 6.07 Å². The molecule has 0 saturated heterocycles. The van der Waals surface area contributed by atoms with Crippen LogP contribution < -0.4 is 11.4 Å². The van der Waals surface area contributed by atoms with Crippen LogP contribution in [0.15, 0.2) is 23.0 Å². The highest BCUT2D eigenvalue weighted by Crippen LogP contribution is 2.08. The van der Waals surface area contributed by atoms with Crippen LogP contribution in [0.3, 0.4) is 0 Å². The zero-order chi connectivity index (χ0) is 8.55. The maximum Gasteiger partial charge on any atom is 0.323 e. The Morgan fingerprint density at radius 2 is 1.92 bits per heavy atom. The Morgan fingerprint density at radius 3 is 2.62 bits per heavy atom. The molecule has 1 aromatic heterocycles. The zero-order valence-corrected chi connectivity index (χ0v) is 7.65. The fourth-order valence-electron chi connectivity index (χ4n) is 1.21. The number of halogens is 1. The van der Waals surface area contributed by atoms with Gasteiger partial charge in [0, 0.05) is 6.54 Å². The quantitative estimate of drug-likeness (QED) is 0.634. The molecule has 0 aliphatic carbocycles. The van der Waals surface area contributed by atoms with E-state index < -0.39 is 0 Å². The molecule has 1 heterocycles. The first-order valence-corrected chi connectivity index (χ1v) is 3.70. The van der Waals surface area contributed by atoms with Crippen molar-refractivity contribution < 1.29 is 0 Å². The Bertz CT molecular complexity index is 460. The highest BCUT2D eigenvalue weighted by Gasteiger charge is 1.97. The number of hydrogen-bond donors (Lipinski definition) is 3. The molecule has 4 N–H and O–H groups in total. The van der Waals surface area contributed by atoms with Gasteiger partial charge in [0.05, 0.1) is 11.0 Å². The highest BCUT2D eigenvalue weighted by atomic mass is 35.5. The monoisotopic (exact) mass is 199 g/mol. The topological polar surface area (TPSA) is 74.7 Å². The van der Waals surface area contributed by atoms with Crippen molar-refractivity contribution in [2.24, 2.45) is 5.73 Å². The van der Waals surface area contributed by atoms with Gasteiger partial charge < -0.3 is 15.7 Å². The summed E-state index contributed by atoms with van der Waals surface area (Å²) < 4.78 is 0. The van der Waals surface area contributed by atoms with Crippen LogP contribution in [0.1, 0.15) is 5.56 Å². The van der Waals surface area contributed by atoms with Gasteiger partial charge in [0.1, 0.15) is 0 Å². The molecule has 2 rings (SSSR count). The van der Waals surface area contributed by atoms with Crippen LogP contribution in [0.5, 0.6) is 0 Å². The van der Waals surface area contributed by atoms with Gasteiger partial charge in [0.25, 0.3) is 0 Å². The van der Waals surface area contributed by atoms with E-state index in [2.05, 4.69) is 9.97 Å². The predicted molar refractivity (Wildman–Crippen MR) is 54.1 cm³/mol. The lowest BCUT2D eigenvalue weighted by Crippen LogP contribution is -1.99. The molecule has 1 aromatic carbocycles. The maximum atomic E-state index is 10.8. The predicted octanol–water partition coefficient (Wildman–Crippen LogP) is 0.737. The molecule has 0 fully saturated rings. The van der Waals surface area contributed by atoms with Crippen molar-refractivity contribution in [2.45, 2.75) is 6.54 Å². The highest BCUT2D eigenvalue weighted by molar-refractivity contribution is 5.85. The third kappa shape index (κ3) is 1.74. The van der Waals surface area contributed by atoms with E-state index in [9.17, 15) is 4.79 Å². The SMILES string of the molecule is Cl.NCc1ccc2[nH]c(=O)[nH]c2c1. The van der Waals surface area contributed by atoms with Crippen molar-refractivity contribution in [3.63, 3.8) is 0 Å². The molecule has 0 aliphatic heterocycles. The van der Waals surface area contributed by atoms with Gasteiger partial charge in [0.2, 0.25) is 0 Å². The summed E-state index contributed by atoms with van der Waals surface area (Å²) in [5.74, 6) is 0.